The minimum Gasteiger partial charge on any atom is -0.379 e. The van der Waals surface area contributed by atoms with Gasteiger partial charge in [-0.15, -0.1) is 0 Å². The normalized spacial score (nSPS) is 16.4. The molecule has 1 aliphatic carbocycles. The first-order valence-corrected chi connectivity index (χ1v) is 14.7. The second-order valence-electron chi connectivity index (χ2n) is 10.1. The summed E-state index contributed by atoms with van der Waals surface area (Å²) in [5.41, 5.74) is -0.815. The van der Waals surface area contributed by atoms with Crippen LogP contribution in [0.15, 0.2) is 66.7 Å². The second-order valence-corrected chi connectivity index (χ2v) is 11.3. The number of alkyl halides is 3. The molecule has 10 heteroatoms. The summed E-state index contributed by atoms with van der Waals surface area (Å²) in [6, 6.07) is 19.2. The Kier molecular flexibility index (Phi) is 8.96. The Hall–Kier alpha value is -3.68. The number of rotatable bonds is 8. The summed E-state index contributed by atoms with van der Waals surface area (Å²) in [5.74, 6) is -1.18. The van der Waals surface area contributed by atoms with E-state index in [0.717, 1.165) is 42.5 Å². The summed E-state index contributed by atoms with van der Waals surface area (Å²) in [5, 5.41) is 23.7. The van der Waals surface area contributed by atoms with Crippen LogP contribution < -0.4 is 10.0 Å². The third-order valence-corrected chi connectivity index (χ3v) is 7.89. The molecule has 3 aromatic rings. The quantitative estimate of drug-likeness (QED) is 0.216. The summed E-state index contributed by atoms with van der Waals surface area (Å²) in [6.45, 7) is 0. The van der Waals surface area contributed by atoms with Gasteiger partial charge in [-0.3, -0.25) is 4.79 Å². The van der Waals surface area contributed by atoms with E-state index in [1.54, 1.807) is 18.4 Å². The van der Waals surface area contributed by atoms with Crippen molar-refractivity contribution in [3.63, 3.8) is 0 Å². The van der Waals surface area contributed by atoms with E-state index < -0.39 is 45.7 Å². The highest BCUT2D eigenvalue weighted by Crippen LogP contribution is 2.39. The fraction of sp³-hybridized carbons (Fsp3) is 0.333. The van der Waals surface area contributed by atoms with Crippen LogP contribution in [0.25, 0.3) is 11.1 Å². The molecule has 1 aliphatic rings. The highest BCUT2D eigenvalue weighted by Gasteiger charge is 2.45. The average molecular weight is 571 g/mol. The molecule has 0 bridgehead atoms. The number of nitriles is 1. The number of anilines is 2. The molecule has 4 rings (SSSR count). The van der Waals surface area contributed by atoms with E-state index in [-0.39, 0.29) is 12.1 Å². The Balaban J connectivity index is 1.71. The van der Waals surface area contributed by atoms with Gasteiger partial charge in [0.05, 0.1) is 22.9 Å². The van der Waals surface area contributed by atoms with Crippen molar-refractivity contribution in [2.45, 2.75) is 50.3 Å². The largest absolute Gasteiger partial charge is 0.417 e. The number of nitrogens with one attached hydrogen (secondary N) is 2. The molecule has 40 heavy (non-hydrogen) atoms. The first-order chi connectivity index (χ1) is 19.0. The van der Waals surface area contributed by atoms with E-state index in [1.807, 2.05) is 36.4 Å². The lowest BCUT2D eigenvalue weighted by Gasteiger charge is -2.38. The number of hydrogen-bond donors (Lipinski definition) is 3. The van der Waals surface area contributed by atoms with Crippen LogP contribution in [0.1, 0.15) is 48.8 Å². The van der Waals surface area contributed by atoms with Gasteiger partial charge in [0, 0.05) is 12.1 Å². The monoisotopic (exact) mass is 570 g/mol. The number of aliphatic hydroxyl groups is 1. The molecule has 3 aromatic carbocycles. The number of nitrogens with zero attached hydrogens (tertiary/aromatic N) is 1. The summed E-state index contributed by atoms with van der Waals surface area (Å²) in [7, 11) is -1.62. The Bertz CT molecular complexity index is 1450. The third-order valence-electron chi connectivity index (χ3n) is 7.31. The molecular weight excluding hydrogens is 539 g/mol. The predicted octanol–water partition coefficient (Wildman–Crippen LogP) is 6.39. The number of benzene rings is 3. The Labute approximate surface area is 233 Å². The van der Waals surface area contributed by atoms with Crippen LogP contribution in [0, 0.1) is 17.2 Å². The van der Waals surface area contributed by atoms with Gasteiger partial charge in [-0.1, -0.05) is 59.9 Å². The van der Waals surface area contributed by atoms with Crippen molar-refractivity contribution >= 4 is 28.3 Å². The van der Waals surface area contributed by atoms with Gasteiger partial charge >= 0.3 is 6.18 Å². The molecule has 1 amide bonds. The smallest absolute Gasteiger partial charge is 0.379 e. The molecule has 0 spiro atoms. The summed E-state index contributed by atoms with van der Waals surface area (Å²) in [6.07, 6.45) is 0.589. The molecule has 0 saturated heterocycles. The minimum atomic E-state index is -4.78. The summed E-state index contributed by atoms with van der Waals surface area (Å²) >= 11 is 0. The first-order valence-electron chi connectivity index (χ1n) is 13.0. The van der Waals surface area contributed by atoms with Crippen LogP contribution in [0.5, 0.6) is 0 Å². The van der Waals surface area contributed by atoms with Crippen LogP contribution >= 0.6 is 0 Å². The summed E-state index contributed by atoms with van der Waals surface area (Å²) in [4.78, 5) is 13.7. The highest BCUT2D eigenvalue weighted by atomic mass is 32.2. The zero-order chi connectivity index (χ0) is 28.9. The van der Waals surface area contributed by atoms with E-state index in [4.69, 9.17) is 5.26 Å². The lowest BCUT2D eigenvalue weighted by Crippen LogP contribution is -2.51. The molecular formula is C30H31F3N3O3S+. The highest BCUT2D eigenvalue weighted by molar-refractivity contribution is 7.85. The molecule has 2 unspecified atom stereocenters. The molecule has 1 fully saturated rings. The number of halogens is 3. The van der Waals surface area contributed by atoms with Crippen LogP contribution in [0.2, 0.25) is 0 Å². The van der Waals surface area contributed by atoms with Gasteiger partial charge < -0.3 is 10.4 Å². The number of hydrogen-bond acceptors (Lipinski definition) is 4. The van der Waals surface area contributed by atoms with E-state index in [0.29, 0.717) is 24.1 Å². The average Bonchev–Trinajstić information content (AvgIpc) is 2.93. The predicted molar refractivity (Wildman–Crippen MR) is 151 cm³/mol. The topological polar surface area (TPSA) is 102 Å². The fourth-order valence-corrected chi connectivity index (χ4v) is 5.87. The van der Waals surface area contributed by atoms with Gasteiger partial charge in [0.2, 0.25) is 0 Å². The van der Waals surface area contributed by atoms with Gasteiger partial charge in [0.25, 0.3) is 5.91 Å². The van der Waals surface area contributed by atoms with Gasteiger partial charge in [-0.05, 0) is 65.8 Å². The van der Waals surface area contributed by atoms with Crippen molar-refractivity contribution in [1.82, 2.24) is 0 Å². The zero-order valence-corrected chi connectivity index (χ0v) is 22.9. The Morgan fingerprint density at radius 2 is 1.75 bits per heavy atom. The molecule has 0 aliphatic heterocycles. The molecule has 2 atom stereocenters. The first kappa shape index (κ1) is 29.3. The maximum Gasteiger partial charge on any atom is 0.417 e. The van der Waals surface area contributed by atoms with E-state index in [2.05, 4.69) is 10.0 Å². The third kappa shape index (κ3) is 6.72. The lowest BCUT2D eigenvalue weighted by molar-refractivity contribution is -0.142. The molecule has 0 heterocycles. The number of amides is 1. The lowest BCUT2D eigenvalue weighted by atomic mass is 9.72. The van der Waals surface area contributed by atoms with Gasteiger partial charge in [-0.2, -0.15) is 18.4 Å². The van der Waals surface area contributed by atoms with Gasteiger partial charge in [0.1, 0.15) is 11.9 Å². The van der Waals surface area contributed by atoms with Crippen molar-refractivity contribution in [3.8, 4) is 17.2 Å². The maximum atomic E-state index is 13.7. The van der Waals surface area contributed by atoms with Crippen molar-refractivity contribution < 1.29 is 27.3 Å². The molecule has 1 saturated carbocycles. The summed E-state index contributed by atoms with van der Waals surface area (Å²) < 4.78 is 55.2. The van der Waals surface area contributed by atoms with E-state index >= 15 is 0 Å². The Morgan fingerprint density at radius 1 is 1.02 bits per heavy atom. The number of carbonyl (C=O) groups is 1. The van der Waals surface area contributed by atoms with Crippen molar-refractivity contribution in [3.05, 3.63) is 83.4 Å². The van der Waals surface area contributed by atoms with E-state index in [9.17, 15) is 27.3 Å². The standard InChI is InChI=1S/C30H30F3N3O3S/c1-40(39)36-25-12-7-9-20(16-25)26-13-6-5-8-21(26)18-29(38,23-10-3-2-4-11-23)28(37)35-24-15-14-22(19-34)27(17-24)30(31,32)33/h5-9,12-17,23,38H,2-4,10-11,18H2,1H3,(H,35,37)(H,36,39)/p+1. The maximum absolute atomic E-state index is 13.7. The van der Waals surface area contributed by atoms with Crippen molar-refractivity contribution in [2.75, 3.05) is 16.3 Å². The molecule has 6 nitrogen and oxygen atoms in total. The van der Waals surface area contributed by atoms with Crippen molar-refractivity contribution in [2.24, 2.45) is 5.92 Å². The van der Waals surface area contributed by atoms with Gasteiger partial charge in [0.15, 0.2) is 11.0 Å². The zero-order valence-electron chi connectivity index (χ0n) is 22.0. The fourth-order valence-electron chi connectivity index (χ4n) is 5.37. The molecule has 3 N–H and O–H groups in total. The van der Waals surface area contributed by atoms with Crippen molar-refractivity contribution in [1.29, 1.82) is 5.26 Å². The van der Waals surface area contributed by atoms with Crippen LogP contribution in [0.4, 0.5) is 24.5 Å². The van der Waals surface area contributed by atoms with E-state index in [1.165, 1.54) is 12.1 Å². The second kappa shape index (κ2) is 12.2. The van der Waals surface area contributed by atoms with Crippen LogP contribution in [-0.2, 0) is 32.6 Å². The van der Waals surface area contributed by atoms with Crippen LogP contribution in [0.3, 0.4) is 0 Å². The minimum absolute atomic E-state index is 0.0538. The molecule has 0 radical (unpaired) electrons. The number of thiol groups is 1. The molecule has 210 valence electrons. The van der Waals surface area contributed by atoms with Gasteiger partial charge in [-0.25, -0.2) is 4.72 Å². The SMILES string of the molecule is C[SH+](=O)Nc1cccc(-c2ccccc2CC(O)(C(=O)Nc2ccc(C#N)c(C(F)(F)F)c2)C2CCCCC2)c1. The molecule has 0 aromatic heterocycles. The Morgan fingerprint density at radius 3 is 2.42 bits per heavy atom. The number of carbonyl (C=O) groups excluding carboxylic acids is 1. The van der Waals surface area contributed by atoms with Crippen LogP contribution in [-0.4, -0.2) is 22.9 Å².